The highest BCUT2D eigenvalue weighted by Gasteiger charge is 2.05. The number of pyridine rings is 1. The molecule has 5 nitrogen and oxygen atoms in total. The van der Waals surface area contributed by atoms with Crippen LogP contribution in [-0.4, -0.2) is 19.5 Å². The monoisotopic (exact) mass is 287 g/mol. The van der Waals surface area contributed by atoms with Crippen molar-refractivity contribution in [3.05, 3.63) is 54.1 Å². The largest absolute Gasteiger partial charge is 0.383 e. The highest BCUT2D eigenvalue weighted by Crippen LogP contribution is 2.21. The lowest BCUT2D eigenvalue weighted by atomic mass is 10.1. The number of aromatic nitrogens is 4. The van der Waals surface area contributed by atoms with Crippen molar-refractivity contribution in [2.45, 2.75) is 0 Å². The summed E-state index contributed by atoms with van der Waals surface area (Å²) < 4.78 is 1.98. The molecule has 0 aliphatic heterocycles. The van der Waals surface area contributed by atoms with E-state index in [1.807, 2.05) is 42.1 Å². The standard InChI is InChI=1S/C17H13N5/c1-22-10-21-14-8-11(3-5-15(14)22)2-4-12-9-20-13-6-7-19-17(18)16(12)13/h3,5-10,20H,1H3,(H2,18,19). The lowest BCUT2D eigenvalue weighted by Crippen LogP contribution is -1.90. The van der Waals surface area contributed by atoms with Crippen molar-refractivity contribution >= 4 is 27.8 Å². The first-order valence-corrected chi connectivity index (χ1v) is 6.87. The van der Waals surface area contributed by atoms with Crippen LogP contribution in [0.1, 0.15) is 11.1 Å². The molecule has 0 radical (unpaired) electrons. The number of imidazole rings is 1. The summed E-state index contributed by atoms with van der Waals surface area (Å²) in [7, 11) is 1.97. The van der Waals surface area contributed by atoms with Gasteiger partial charge in [-0.05, 0) is 24.3 Å². The Kier molecular flexibility index (Phi) is 2.63. The van der Waals surface area contributed by atoms with E-state index in [9.17, 15) is 0 Å². The van der Waals surface area contributed by atoms with Gasteiger partial charge in [-0.25, -0.2) is 9.97 Å². The van der Waals surface area contributed by atoms with Gasteiger partial charge in [0.2, 0.25) is 0 Å². The van der Waals surface area contributed by atoms with Crippen molar-refractivity contribution in [1.82, 2.24) is 19.5 Å². The molecule has 5 heteroatoms. The van der Waals surface area contributed by atoms with Crippen molar-refractivity contribution in [2.24, 2.45) is 7.05 Å². The predicted molar refractivity (Wildman–Crippen MR) is 87.2 cm³/mol. The van der Waals surface area contributed by atoms with Crippen LogP contribution in [0.3, 0.4) is 0 Å². The van der Waals surface area contributed by atoms with E-state index in [4.69, 9.17) is 5.73 Å². The second-order valence-corrected chi connectivity index (χ2v) is 5.13. The summed E-state index contributed by atoms with van der Waals surface area (Å²) in [6.45, 7) is 0. The van der Waals surface area contributed by atoms with Crippen LogP contribution in [0.2, 0.25) is 0 Å². The lowest BCUT2D eigenvalue weighted by molar-refractivity contribution is 0.947. The van der Waals surface area contributed by atoms with Crippen molar-refractivity contribution in [2.75, 3.05) is 5.73 Å². The minimum Gasteiger partial charge on any atom is -0.383 e. The predicted octanol–water partition coefficient (Wildman–Crippen LogP) is 2.43. The van der Waals surface area contributed by atoms with Gasteiger partial charge in [0.25, 0.3) is 0 Å². The second-order valence-electron chi connectivity index (χ2n) is 5.13. The molecule has 0 spiro atoms. The minimum absolute atomic E-state index is 0.489. The molecule has 22 heavy (non-hydrogen) atoms. The first-order valence-electron chi connectivity index (χ1n) is 6.87. The Morgan fingerprint density at radius 2 is 2.09 bits per heavy atom. The zero-order chi connectivity index (χ0) is 15.1. The summed E-state index contributed by atoms with van der Waals surface area (Å²) in [5.41, 5.74) is 10.7. The van der Waals surface area contributed by atoms with Crippen molar-refractivity contribution in [1.29, 1.82) is 0 Å². The van der Waals surface area contributed by atoms with Gasteiger partial charge in [-0.2, -0.15) is 0 Å². The summed E-state index contributed by atoms with van der Waals surface area (Å²) in [4.78, 5) is 11.6. The minimum atomic E-state index is 0.489. The number of hydrogen-bond acceptors (Lipinski definition) is 3. The fourth-order valence-electron chi connectivity index (χ4n) is 2.56. The molecule has 0 bridgehead atoms. The number of fused-ring (bicyclic) bond motifs is 2. The molecule has 0 amide bonds. The number of benzene rings is 1. The van der Waals surface area contributed by atoms with Crippen LogP contribution in [0.25, 0.3) is 21.9 Å². The normalized spacial score (nSPS) is 10.8. The first kappa shape index (κ1) is 12.5. The van der Waals surface area contributed by atoms with Gasteiger partial charge in [-0.3, -0.25) is 0 Å². The molecule has 106 valence electrons. The number of anilines is 1. The van der Waals surface area contributed by atoms with Gasteiger partial charge < -0.3 is 15.3 Å². The van der Waals surface area contributed by atoms with E-state index in [-0.39, 0.29) is 0 Å². The van der Waals surface area contributed by atoms with Crippen LogP contribution in [0.4, 0.5) is 5.82 Å². The highest BCUT2D eigenvalue weighted by atomic mass is 15.0. The van der Waals surface area contributed by atoms with Crippen LogP contribution in [-0.2, 0) is 7.05 Å². The van der Waals surface area contributed by atoms with E-state index in [0.29, 0.717) is 5.82 Å². The van der Waals surface area contributed by atoms with Crippen LogP contribution < -0.4 is 5.73 Å². The molecule has 3 N–H and O–H groups in total. The number of H-pyrrole nitrogens is 1. The highest BCUT2D eigenvalue weighted by molar-refractivity contribution is 5.94. The van der Waals surface area contributed by atoms with Gasteiger partial charge in [0.05, 0.1) is 33.8 Å². The van der Waals surface area contributed by atoms with Crippen LogP contribution in [0.15, 0.2) is 43.0 Å². The van der Waals surface area contributed by atoms with Gasteiger partial charge in [0.15, 0.2) is 0 Å². The summed E-state index contributed by atoms with van der Waals surface area (Å²) >= 11 is 0. The Balaban J connectivity index is 1.80. The maximum atomic E-state index is 5.94. The Morgan fingerprint density at radius 3 is 3.00 bits per heavy atom. The molecule has 0 saturated heterocycles. The summed E-state index contributed by atoms with van der Waals surface area (Å²) in [6.07, 6.45) is 5.34. The average molecular weight is 287 g/mol. The van der Waals surface area contributed by atoms with Crippen molar-refractivity contribution in [3.8, 4) is 11.8 Å². The third-order valence-electron chi connectivity index (χ3n) is 3.69. The van der Waals surface area contributed by atoms with E-state index in [0.717, 1.165) is 33.1 Å². The van der Waals surface area contributed by atoms with E-state index < -0.39 is 0 Å². The topological polar surface area (TPSA) is 72.5 Å². The van der Waals surface area contributed by atoms with Gasteiger partial charge in [0, 0.05) is 25.0 Å². The lowest BCUT2D eigenvalue weighted by Gasteiger charge is -1.95. The van der Waals surface area contributed by atoms with Gasteiger partial charge in [0.1, 0.15) is 5.82 Å². The molecule has 0 unspecified atom stereocenters. The first-order chi connectivity index (χ1) is 10.7. The molecule has 3 heterocycles. The fourth-order valence-corrected chi connectivity index (χ4v) is 2.56. The van der Waals surface area contributed by atoms with E-state index in [1.165, 1.54) is 0 Å². The number of nitrogens with one attached hydrogen (secondary N) is 1. The Bertz CT molecular complexity index is 1060. The van der Waals surface area contributed by atoms with Crippen LogP contribution in [0, 0.1) is 11.8 Å². The molecule has 0 saturated carbocycles. The zero-order valence-corrected chi connectivity index (χ0v) is 12.0. The quantitative estimate of drug-likeness (QED) is 0.488. The number of aryl methyl sites for hydroxylation is 1. The molecule has 0 aliphatic rings. The van der Waals surface area contributed by atoms with Gasteiger partial charge >= 0.3 is 0 Å². The number of nitrogen functional groups attached to an aromatic ring is 1. The van der Waals surface area contributed by atoms with Gasteiger partial charge in [-0.15, -0.1) is 0 Å². The van der Waals surface area contributed by atoms with Crippen LogP contribution >= 0.6 is 0 Å². The van der Waals surface area contributed by atoms with Crippen molar-refractivity contribution in [3.63, 3.8) is 0 Å². The molecular formula is C17H13N5. The SMILES string of the molecule is Cn1cnc2cc(C#Cc3c[nH]c4ccnc(N)c34)ccc21. The molecule has 0 aliphatic carbocycles. The number of rotatable bonds is 0. The molecular weight excluding hydrogens is 274 g/mol. The summed E-state index contributed by atoms with van der Waals surface area (Å²) in [5.74, 6) is 6.81. The summed E-state index contributed by atoms with van der Waals surface area (Å²) in [6, 6.07) is 7.89. The number of nitrogens with zero attached hydrogens (tertiary/aromatic N) is 3. The van der Waals surface area contributed by atoms with Gasteiger partial charge in [-0.1, -0.05) is 11.8 Å². The Morgan fingerprint density at radius 1 is 1.18 bits per heavy atom. The number of aromatic amines is 1. The van der Waals surface area contributed by atoms with E-state index >= 15 is 0 Å². The molecule has 4 rings (SSSR count). The maximum Gasteiger partial charge on any atom is 0.134 e. The number of nitrogens with two attached hydrogens (primary N) is 1. The Hall–Kier alpha value is -3.26. The molecule has 4 aromatic rings. The third-order valence-corrected chi connectivity index (χ3v) is 3.69. The molecule has 0 fully saturated rings. The molecule has 1 aromatic carbocycles. The second kappa shape index (κ2) is 4.64. The zero-order valence-electron chi connectivity index (χ0n) is 12.0. The fraction of sp³-hybridized carbons (Fsp3) is 0.0588. The maximum absolute atomic E-state index is 5.94. The third kappa shape index (κ3) is 1.90. The number of hydrogen-bond donors (Lipinski definition) is 2. The van der Waals surface area contributed by atoms with Crippen molar-refractivity contribution < 1.29 is 0 Å². The smallest absolute Gasteiger partial charge is 0.134 e. The summed E-state index contributed by atoms with van der Waals surface area (Å²) in [5, 5.41) is 0.869. The molecule has 0 atom stereocenters. The Labute approximate surface area is 126 Å². The van der Waals surface area contributed by atoms with E-state index in [1.54, 1.807) is 12.5 Å². The van der Waals surface area contributed by atoms with Crippen LogP contribution in [0.5, 0.6) is 0 Å². The van der Waals surface area contributed by atoms with E-state index in [2.05, 4.69) is 26.8 Å². The molecule has 3 aromatic heterocycles. The average Bonchev–Trinajstić information content (AvgIpc) is 3.10.